The number of benzene rings is 1. The highest BCUT2D eigenvalue weighted by Gasteiger charge is 2.19. The Kier molecular flexibility index (Phi) is 2.57. The second-order valence-corrected chi connectivity index (χ2v) is 8.91. The van der Waals surface area contributed by atoms with E-state index < -0.39 is 8.07 Å². The molecule has 0 heterocycles. The van der Waals surface area contributed by atoms with Crippen LogP contribution in [-0.4, -0.2) is 15.2 Å². The molecule has 0 saturated carbocycles. The summed E-state index contributed by atoms with van der Waals surface area (Å²) in [5.41, 5.74) is 0. The van der Waals surface area contributed by atoms with E-state index in [0.717, 1.165) is 5.75 Å². The molecule has 1 nitrogen and oxygen atoms in total. The summed E-state index contributed by atoms with van der Waals surface area (Å²) in [7, 11) is 0.449. The van der Waals surface area contributed by atoms with Crippen molar-refractivity contribution in [3.63, 3.8) is 0 Å². The molecule has 0 atom stereocenters. The van der Waals surface area contributed by atoms with Crippen LogP contribution in [0.25, 0.3) is 0 Å². The summed E-state index contributed by atoms with van der Waals surface area (Å²) < 4.78 is 5.25. The van der Waals surface area contributed by atoms with Crippen LogP contribution in [0.5, 0.6) is 5.75 Å². The molecule has 1 radical (unpaired) electrons. The van der Waals surface area contributed by atoms with Crippen LogP contribution < -0.4 is 9.92 Å². The van der Waals surface area contributed by atoms with Gasteiger partial charge in [-0.2, -0.15) is 0 Å². The van der Waals surface area contributed by atoms with Gasteiger partial charge in [0.2, 0.25) is 0 Å². The molecule has 0 fully saturated rings. The van der Waals surface area contributed by atoms with Gasteiger partial charge in [-0.1, -0.05) is 37.8 Å². The zero-order chi connectivity index (χ0) is 9.19. The lowest BCUT2D eigenvalue weighted by molar-refractivity contribution is 0.417. The summed E-state index contributed by atoms with van der Waals surface area (Å²) in [6.45, 7) is 6.91. The van der Waals surface area contributed by atoms with E-state index in [1.165, 1.54) is 5.19 Å². The first-order valence-corrected chi connectivity index (χ1v) is 7.61. The van der Waals surface area contributed by atoms with Gasteiger partial charge >= 0.3 is 0 Å². The first kappa shape index (κ1) is 9.33. The third-order valence-corrected chi connectivity index (χ3v) is 3.84. The molecule has 12 heavy (non-hydrogen) atoms. The zero-order valence-electron chi connectivity index (χ0n) is 8.14. The molecular formula is C10H15OSi. The maximum absolute atomic E-state index is 5.25. The SMILES string of the molecule is COc1[c]cccc1[Si](C)(C)C. The predicted molar refractivity (Wildman–Crippen MR) is 54.8 cm³/mol. The average Bonchev–Trinajstić information content (AvgIpc) is 2.03. The van der Waals surface area contributed by atoms with Crippen molar-refractivity contribution in [2.75, 3.05) is 7.11 Å². The van der Waals surface area contributed by atoms with Crippen molar-refractivity contribution in [2.24, 2.45) is 0 Å². The molecule has 0 aliphatic heterocycles. The standard InChI is InChI=1S/C10H15OSi/c1-11-9-7-5-6-8-10(9)12(2,3)4/h5-6,8H,1-4H3. The molecule has 0 amide bonds. The molecule has 0 bridgehead atoms. The van der Waals surface area contributed by atoms with Gasteiger partial charge in [-0.25, -0.2) is 0 Å². The Morgan fingerprint density at radius 1 is 1.33 bits per heavy atom. The summed E-state index contributed by atoms with van der Waals surface area (Å²) in [5.74, 6) is 0.914. The molecule has 0 aliphatic rings. The van der Waals surface area contributed by atoms with Crippen molar-refractivity contribution in [1.82, 2.24) is 0 Å². The van der Waals surface area contributed by atoms with Crippen LogP contribution in [-0.2, 0) is 0 Å². The second-order valence-electron chi connectivity index (χ2n) is 3.87. The zero-order valence-corrected chi connectivity index (χ0v) is 9.14. The van der Waals surface area contributed by atoms with E-state index in [9.17, 15) is 0 Å². The van der Waals surface area contributed by atoms with E-state index in [-0.39, 0.29) is 0 Å². The summed E-state index contributed by atoms with van der Waals surface area (Å²) >= 11 is 0. The highest BCUT2D eigenvalue weighted by atomic mass is 28.3. The Hall–Kier alpha value is -0.763. The normalized spacial score (nSPS) is 11.3. The van der Waals surface area contributed by atoms with Crippen LogP contribution >= 0.6 is 0 Å². The van der Waals surface area contributed by atoms with Gasteiger partial charge in [0.05, 0.1) is 15.2 Å². The van der Waals surface area contributed by atoms with E-state index in [1.54, 1.807) is 7.11 Å². The number of rotatable bonds is 2. The molecular weight excluding hydrogens is 164 g/mol. The Morgan fingerprint density at radius 3 is 2.42 bits per heavy atom. The molecule has 2 heteroatoms. The molecule has 1 aromatic rings. The fourth-order valence-electron chi connectivity index (χ4n) is 1.18. The molecule has 0 saturated heterocycles. The lowest BCUT2D eigenvalue weighted by Gasteiger charge is -2.19. The number of para-hydroxylation sites is 1. The number of methoxy groups -OCH3 is 1. The minimum absolute atomic E-state index is 0.914. The van der Waals surface area contributed by atoms with Crippen LogP contribution in [0, 0.1) is 6.07 Å². The van der Waals surface area contributed by atoms with Gasteiger partial charge in [0, 0.05) is 6.07 Å². The minimum atomic E-state index is -1.26. The van der Waals surface area contributed by atoms with E-state index in [1.807, 2.05) is 12.1 Å². The molecule has 1 aromatic carbocycles. The van der Waals surface area contributed by atoms with Crippen LogP contribution in [0.4, 0.5) is 0 Å². The minimum Gasteiger partial charge on any atom is -0.496 e. The maximum atomic E-state index is 5.25. The van der Waals surface area contributed by atoms with Crippen LogP contribution in [0.3, 0.4) is 0 Å². The van der Waals surface area contributed by atoms with Gasteiger partial charge < -0.3 is 4.74 Å². The monoisotopic (exact) mass is 179 g/mol. The Bertz CT molecular complexity index is 263. The highest BCUT2D eigenvalue weighted by Crippen LogP contribution is 2.12. The quantitative estimate of drug-likeness (QED) is 0.631. The van der Waals surface area contributed by atoms with Crippen molar-refractivity contribution in [3.8, 4) is 5.75 Å². The second kappa shape index (κ2) is 3.31. The lowest BCUT2D eigenvalue weighted by atomic mass is 10.3. The third kappa shape index (κ3) is 1.88. The molecule has 0 spiro atoms. The Morgan fingerprint density at radius 2 is 2.00 bits per heavy atom. The Labute approximate surface area is 75.4 Å². The topological polar surface area (TPSA) is 9.23 Å². The molecule has 0 unspecified atom stereocenters. The summed E-state index contributed by atoms with van der Waals surface area (Å²) in [4.78, 5) is 0. The summed E-state index contributed by atoms with van der Waals surface area (Å²) in [5, 5.41) is 1.34. The van der Waals surface area contributed by atoms with Crippen molar-refractivity contribution in [3.05, 3.63) is 24.3 Å². The van der Waals surface area contributed by atoms with Gasteiger partial charge in [0.1, 0.15) is 5.75 Å². The molecule has 0 N–H and O–H groups in total. The number of ether oxygens (including phenoxy) is 1. The van der Waals surface area contributed by atoms with Gasteiger partial charge in [0.15, 0.2) is 0 Å². The maximum Gasteiger partial charge on any atom is 0.126 e. The molecule has 0 aliphatic carbocycles. The van der Waals surface area contributed by atoms with Crippen molar-refractivity contribution in [2.45, 2.75) is 19.6 Å². The fourth-order valence-corrected chi connectivity index (χ4v) is 2.63. The van der Waals surface area contributed by atoms with E-state index >= 15 is 0 Å². The van der Waals surface area contributed by atoms with E-state index in [2.05, 4.69) is 31.8 Å². The van der Waals surface area contributed by atoms with Crippen LogP contribution in [0.1, 0.15) is 0 Å². The number of hydrogen-bond acceptors (Lipinski definition) is 1. The first-order valence-electron chi connectivity index (χ1n) is 4.11. The van der Waals surface area contributed by atoms with Crippen LogP contribution in [0.15, 0.2) is 18.2 Å². The fraction of sp³-hybridized carbons (Fsp3) is 0.400. The predicted octanol–water partition coefficient (Wildman–Crippen LogP) is 2.04. The van der Waals surface area contributed by atoms with Crippen molar-refractivity contribution < 1.29 is 4.74 Å². The smallest absolute Gasteiger partial charge is 0.126 e. The largest absolute Gasteiger partial charge is 0.496 e. The average molecular weight is 179 g/mol. The van der Waals surface area contributed by atoms with Crippen molar-refractivity contribution in [1.29, 1.82) is 0 Å². The van der Waals surface area contributed by atoms with Crippen molar-refractivity contribution >= 4 is 13.3 Å². The van der Waals surface area contributed by atoms with E-state index in [4.69, 9.17) is 4.74 Å². The number of hydrogen-bond donors (Lipinski definition) is 0. The van der Waals surface area contributed by atoms with Gasteiger partial charge in [-0.05, 0) is 5.19 Å². The first-order chi connectivity index (χ1) is 5.55. The molecule has 1 rings (SSSR count). The molecule has 65 valence electrons. The van der Waals surface area contributed by atoms with Gasteiger partial charge in [0.25, 0.3) is 0 Å². The Balaban J connectivity index is 3.14. The molecule has 0 aromatic heterocycles. The lowest BCUT2D eigenvalue weighted by Crippen LogP contribution is -2.38. The van der Waals surface area contributed by atoms with Gasteiger partial charge in [-0.3, -0.25) is 0 Å². The van der Waals surface area contributed by atoms with Gasteiger partial charge in [-0.15, -0.1) is 0 Å². The third-order valence-electron chi connectivity index (χ3n) is 1.83. The highest BCUT2D eigenvalue weighted by molar-refractivity contribution is 6.89. The summed E-state index contributed by atoms with van der Waals surface area (Å²) in [6, 6.07) is 9.16. The van der Waals surface area contributed by atoms with Crippen LogP contribution in [0.2, 0.25) is 19.6 Å². The summed E-state index contributed by atoms with van der Waals surface area (Å²) in [6.07, 6.45) is 0. The van der Waals surface area contributed by atoms with E-state index in [0.29, 0.717) is 0 Å².